The first-order valence-corrected chi connectivity index (χ1v) is 12.0. The van der Waals surface area contributed by atoms with Gasteiger partial charge in [0.2, 0.25) is 0 Å². The molecule has 0 bridgehead atoms. The van der Waals surface area contributed by atoms with Crippen molar-refractivity contribution in [2.24, 2.45) is 0 Å². The van der Waals surface area contributed by atoms with Crippen molar-refractivity contribution in [1.29, 1.82) is 0 Å². The first kappa shape index (κ1) is 26.3. The van der Waals surface area contributed by atoms with Crippen molar-refractivity contribution in [2.45, 2.75) is 0 Å². The first-order chi connectivity index (χ1) is 17.6. The Kier molecular flexibility index (Phi) is 7.91. The van der Waals surface area contributed by atoms with E-state index in [0.29, 0.717) is 4.47 Å². The number of imide groups is 2. The average Bonchev–Trinajstić information content (AvgIpc) is 2.84. The summed E-state index contributed by atoms with van der Waals surface area (Å²) >= 11 is 15.3. The number of rotatable bonds is 6. The van der Waals surface area contributed by atoms with Gasteiger partial charge in [-0.3, -0.25) is 19.7 Å². The molecule has 0 aliphatic carbocycles. The SMILES string of the molecule is O=C(COc1ccc(Br)cc1/C=C1/C(=O)NC(=O)N(c2ccc(Cl)c(Cl)c2)C1=O)Nc1ccccc1F. The van der Waals surface area contributed by atoms with Gasteiger partial charge in [-0.25, -0.2) is 14.1 Å². The number of hydrogen-bond acceptors (Lipinski definition) is 5. The van der Waals surface area contributed by atoms with Gasteiger partial charge in [-0.1, -0.05) is 51.3 Å². The summed E-state index contributed by atoms with van der Waals surface area (Å²) in [5.74, 6) is -2.91. The van der Waals surface area contributed by atoms with E-state index in [1.54, 1.807) is 18.2 Å². The van der Waals surface area contributed by atoms with Crippen LogP contribution in [0, 0.1) is 5.82 Å². The smallest absolute Gasteiger partial charge is 0.335 e. The lowest BCUT2D eigenvalue weighted by Crippen LogP contribution is -2.54. The van der Waals surface area contributed by atoms with E-state index in [0.717, 1.165) is 4.90 Å². The van der Waals surface area contributed by atoms with Gasteiger partial charge in [0.15, 0.2) is 6.61 Å². The second-order valence-corrected chi connectivity index (χ2v) is 9.29. The zero-order chi connectivity index (χ0) is 26.7. The molecule has 0 aromatic heterocycles. The summed E-state index contributed by atoms with van der Waals surface area (Å²) in [6.45, 7) is -0.486. The fourth-order valence-corrected chi connectivity index (χ4v) is 4.00. The van der Waals surface area contributed by atoms with E-state index in [2.05, 4.69) is 26.6 Å². The molecule has 8 nitrogen and oxygen atoms in total. The lowest BCUT2D eigenvalue weighted by Gasteiger charge is -2.26. The Bertz CT molecular complexity index is 1480. The molecule has 1 saturated heterocycles. The van der Waals surface area contributed by atoms with Crippen molar-refractivity contribution in [3.8, 4) is 5.75 Å². The molecule has 188 valence electrons. The number of nitrogens with one attached hydrogen (secondary N) is 2. The first-order valence-electron chi connectivity index (χ1n) is 10.5. The molecule has 0 atom stereocenters. The molecule has 1 heterocycles. The van der Waals surface area contributed by atoms with Crippen molar-refractivity contribution < 1.29 is 28.3 Å². The lowest BCUT2D eigenvalue weighted by atomic mass is 10.1. The predicted molar refractivity (Wildman–Crippen MR) is 140 cm³/mol. The Labute approximate surface area is 228 Å². The number of benzene rings is 3. The predicted octanol–water partition coefficient (Wildman–Crippen LogP) is 5.58. The van der Waals surface area contributed by atoms with E-state index in [1.807, 2.05) is 0 Å². The minimum Gasteiger partial charge on any atom is -0.483 e. The van der Waals surface area contributed by atoms with Crippen LogP contribution in [0.5, 0.6) is 5.75 Å². The number of carbonyl (C=O) groups is 4. The van der Waals surface area contributed by atoms with Gasteiger partial charge in [0.1, 0.15) is 17.1 Å². The quantitative estimate of drug-likeness (QED) is 0.282. The number of amides is 5. The maximum Gasteiger partial charge on any atom is 0.335 e. The number of para-hydroxylation sites is 1. The van der Waals surface area contributed by atoms with E-state index in [9.17, 15) is 23.6 Å². The summed E-state index contributed by atoms with van der Waals surface area (Å²) in [6.07, 6.45) is 1.23. The summed E-state index contributed by atoms with van der Waals surface area (Å²) in [6, 6.07) is 13.5. The zero-order valence-electron chi connectivity index (χ0n) is 18.6. The third kappa shape index (κ3) is 5.99. The standard InChI is InChI=1S/C25H15BrCl2FN3O5/c26-14-5-8-21(37-12-22(33)30-20-4-2-1-3-19(20)29)13(9-14)10-16-23(34)31-25(36)32(24(16)35)15-6-7-17(27)18(28)11-15/h1-11H,12H2,(H,30,33)(H,31,34,36)/b16-10-. The number of urea groups is 1. The minimum atomic E-state index is -0.957. The Balaban J connectivity index is 1.60. The van der Waals surface area contributed by atoms with E-state index < -0.39 is 36.2 Å². The highest BCUT2D eigenvalue weighted by molar-refractivity contribution is 9.10. The van der Waals surface area contributed by atoms with Crippen molar-refractivity contribution in [2.75, 3.05) is 16.8 Å². The molecular weight excluding hydrogens is 592 g/mol. The van der Waals surface area contributed by atoms with Crippen LogP contribution < -0.4 is 20.3 Å². The molecule has 1 aliphatic heterocycles. The highest BCUT2D eigenvalue weighted by atomic mass is 79.9. The third-order valence-corrected chi connectivity index (χ3v) is 6.27. The lowest BCUT2D eigenvalue weighted by molar-refractivity contribution is -0.122. The molecule has 0 saturated carbocycles. The van der Waals surface area contributed by atoms with Crippen molar-refractivity contribution in [3.63, 3.8) is 0 Å². The number of hydrogen-bond donors (Lipinski definition) is 2. The molecular formula is C25H15BrCl2FN3O5. The van der Waals surface area contributed by atoms with Crippen LogP contribution in [0.4, 0.5) is 20.6 Å². The Hall–Kier alpha value is -3.73. The topological polar surface area (TPSA) is 105 Å². The largest absolute Gasteiger partial charge is 0.483 e. The average molecular weight is 607 g/mol. The van der Waals surface area contributed by atoms with Crippen LogP contribution in [-0.2, 0) is 14.4 Å². The van der Waals surface area contributed by atoms with E-state index in [4.69, 9.17) is 27.9 Å². The minimum absolute atomic E-state index is 0.00853. The van der Waals surface area contributed by atoms with Crippen LogP contribution in [0.25, 0.3) is 6.08 Å². The Morgan fingerprint density at radius 2 is 1.81 bits per heavy atom. The number of ether oxygens (including phenoxy) is 1. The zero-order valence-corrected chi connectivity index (χ0v) is 21.7. The van der Waals surface area contributed by atoms with E-state index in [1.165, 1.54) is 48.5 Å². The fraction of sp³-hybridized carbons (Fsp3) is 0.0400. The van der Waals surface area contributed by atoms with Gasteiger partial charge in [-0.2, -0.15) is 0 Å². The summed E-state index contributed by atoms with van der Waals surface area (Å²) < 4.78 is 20.0. The second kappa shape index (κ2) is 11.1. The number of carbonyl (C=O) groups excluding carboxylic acids is 4. The summed E-state index contributed by atoms with van der Waals surface area (Å²) in [5, 5.41) is 4.84. The van der Waals surface area contributed by atoms with Crippen molar-refractivity contribution >= 4 is 80.3 Å². The van der Waals surface area contributed by atoms with Gasteiger partial charge in [-0.15, -0.1) is 0 Å². The summed E-state index contributed by atoms with van der Waals surface area (Å²) in [4.78, 5) is 51.2. The Morgan fingerprint density at radius 3 is 2.54 bits per heavy atom. The van der Waals surface area contributed by atoms with Crippen LogP contribution in [0.1, 0.15) is 5.56 Å². The second-order valence-electron chi connectivity index (χ2n) is 7.56. The molecule has 1 fully saturated rings. The van der Waals surface area contributed by atoms with Gasteiger partial charge in [-0.05, 0) is 54.6 Å². The fourth-order valence-electron chi connectivity index (χ4n) is 3.33. The highest BCUT2D eigenvalue weighted by Gasteiger charge is 2.37. The number of nitrogens with zero attached hydrogens (tertiary/aromatic N) is 1. The molecule has 37 heavy (non-hydrogen) atoms. The van der Waals surface area contributed by atoms with Crippen LogP contribution >= 0.6 is 39.1 Å². The van der Waals surface area contributed by atoms with Crippen LogP contribution in [-0.4, -0.2) is 30.4 Å². The van der Waals surface area contributed by atoms with E-state index >= 15 is 0 Å². The molecule has 12 heteroatoms. The molecule has 1 aliphatic rings. The van der Waals surface area contributed by atoms with Crippen LogP contribution in [0.2, 0.25) is 10.0 Å². The van der Waals surface area contributed by atoms with Crippen molar-refractivity contribution in [3.05, 3.63) is 92.1 Å². The third-order valence-electron chi connectivity index (χ3n) is 5.04. The maximum atomic E-state index is 13.8. The normalized spacial score (nSPS) is 14.5. The van der Waals surface area contributed by atoms with Gasteiger partial charge < -0.3 is 10.1 Å². The van der Waals surface area contributed by atoms with Crippen LogP contribution in [0.15, 0.2) is 70.7 Å². The van der Waals surface area contributed by atoms with Gasteiger partial charge in [0.25, 0.3) is 17.7 Å². The summed E-state index contributed by atoms with van der Waals surface area (Å²) in [7, 11) is 0. The van der Waals surface area contributed by atoms with E-state index in [-0.39, 0.29) is 38.3 Å². The number of anilines is 2. The van der Waals surface area contributed by atoms with Gasteiger partial charge in [0.05, 0.1) is 21.4 Å². The highest BCUT2D eigenvalue weighted by Crippen LogP contribution is 2.31. The number of halogens is 4. The number of barbiturate groups is 1. The van der Waals surface area contributed by atoms with Crippen molar-refractivity contribution in [1.82, 2.24) is 5.32 Å². The molecule has 3 aromatic rings. The summed E-state index contributed by atoms with van der Waals surface area (Å²) in [5.41, 5.74) is -0.0175. The Morgan fingerprint density at radius 1 is 1.05 bits per heavy atom. The monoisotopic (exact) mass is 605 g/mol. The molecule has 4 rings (SSSR count). The van der Waals surface area contributed by atoms with Gasteiger partial charge >= 0.3 is 6.03 Å². The molecule has 3 aromatic carbocycles. The van der Waals surface area contributed by atoms with Gasteiger partial charge in [0, 0.05) is 10.0 Å². The van der Waals surface area contributed by atoms with Crippen LogP contribution in [0.3, 0.4) is 0 Å². The molecule has 0 unspecified atom stereocenters. The molecule has 0 spiro atoms. The molecule has 2 N–H and O–H groups in total. The molecule has 0 radical (unpaired) electrons. The maximum absolute atomic E-state index is 13.8. The molecule has 5 amide bonds.